The van der Waals surface area contributed by atoms with Crippen LogP contribution in [0.5, 0.6) is 5.75 Å². The number of hydrogen-bond acceptors (Lipinski definition) is 4. The second-order valence-corrected chi connectivity index (χ2v) is 6.43. The van der Waals surface area contributed by atoms with Gasteiger partial charge in [0.1, 0.15) is 34.4 Å². The van der Waals surface area contributed by atoms with Crippen molar-refractivity contribution in [3.05, 3.63) is 52.2 Å². The predicted molar refractivity (Wildman–Crippen MR) is 88.0 cm³/mol. The number of ether oxygens (including phenoxy) is 1. The Balaban J connectivity index is 1.45. The molecule has 1 aromatic heterocycles. The Morgan fingerprint density at radius 1 is 1.38 bits per heavy atom. The number of nitriles is 1. The Hall–Kier alpha value is -2.92. The average molecular weight is 377 g/mol. The fraction of sp³-hybridized carbons (Fsp3) is 0.235. The fourth-order valence-electron chi connectivity index (χ4n) is 3.25. The molecule has 0 saturated heterocycles. The summed E-state index contributed by atoms with van der Waals surface area (Å²) in [4.78, 5) is 16.1. The number of carbonyl (C=O) groups is 1. The monoisotopic (exact) mass is 376 g/mol. The van der Waals surface area contributed by atoms with Crippen LogP contribution in [0.25, 0.3) is 0 Å². The number of carbonyl (C=O) groups excluding carboxylic acids is 1. The van der Waals surface area contributed by atoms with E-state index in [2.05, 4.69) is 15.6 Å². The van der Waals surface area contributed by atoms with E-state index < -0.39 is 17.7 Å². The zero-order valence-corrected chi connectivity index (χ0v) is 13.8. The first-order valence-corrected chi connectivity index (χ1v) is 8.11. The van der Waals surface area contributed by atoms with E-state index in [0.717, 1.165) is 12.1 Å². The van der Waals surface area contributed by atoms with Crippen molar-refractivity contribution in [1.82, 2.24) is 10.3 Å². The molecule has 1 saturated carbocycles. The van der Waals surface area contributed by atoms with Crippen LogP contribution in [0.4, 0.5) is 19.4 Å². The van der Waals surface area contributed by atoms with E-state index in [1.165, 1.54) is 12.1 Å². The maximum atomic E-state index is 14.1. The van der Waals surface area contributed by atoms with Gasteiger partial charge in [0.15, 0.2) is 0 Å². The van der Waals surface area contributed by atoms with Crippen LogP contribution in [-0.2, 0) is 0 Å². The lowest BCUT2D eigenvalue weighted by molar-refractivity contribution is 0.249. The first-order valence-electron chi connectivity index (χ1n) is 7.74. The number of pyridine rings is 1. The summed E-state index contributed by atoms with van der Waals surface area (Å²) < 4.78 is 32.8. The van der Waals surface area contributed by atoms with Gasteiger partial charge in [0.25, 0.3) is 0 Å². The number of fused-ring (bicyclic) bond motifs is 3. The summed E-state index contributed by atoms with van der Waals surface area (Å²) in [7, 11) is 0. The SMILES string of the molecule is N#Cc1ccc(NC(=O)NC2[C@H]3COc4cc(F)cc(F)c4[C@@H]23)nc1Cl. The van der Waals surface area contributed by atoms with Crippen LogP contribution < -0.4 is 15.4 Å². The number of amides is 2. The zero-order chi connectivity index (χ0) is 18.4. The van der Waals surface area contributed by atoms with Crippen molar-refractivity contribution in [3.8, 4) is 11.8 Å². The minimum absolute atomic E-state index is 0.0168. The largest absolute Gasteiger partial charge is 0.493 e. The van der Waals surface area contributed by atoms with Crippen molar-refractivity contribution >= 4 is 23.4 Å². The van der Waals surface area contributed by atoms with Gasteiger partial charge in [0.05, 0.1) is 12.2 Å². The Bertz CT molecular complexity index is 963. The van der Waals surface area contributed by atoms with E-state index in [1.807, 2.05) is 6.07 Å². The molecule has 6 nitrogen and oxygen atoms in total. The van der Waals surface area contributed by atoms with Gasteiger partial charge in [-0.3, -0.25) is 5.32 Å². The van der Waals surface area contributed by atoms with Gasteiger partial charge < -0.3 is 10.1 Å². The third kappa shape index (κ3) is 2.80. The van der Waals surface area contributed by atoms with Crippen molar-refractivity contribution in [1.29, 1.82) is 5.26 Å². The molecule has 0 radical (unpaired) electrons. The first kappa shape index (κ1) is 16.5. The lowest BCUT2D eigenvalue weighted by Crippen LogP contribution is -2.32. The molecule has 0 spiro atoms. The molecule has 2 aliphatic rings. The fourth-order valence-corrected chi connectivity index (χ4v) is 3.45. The van der Waals surface area contributed by atoms with E-state index in [1.54, 1.807) is 0 Å². The quantitative estimate of drug-likeness (QED) is 0.788. The molecular formula is C17H11ClF2N4O2. The molecule has 2 N–H and O–H groups in total. The van der Waals surface area contributed by atoms with Crippen LogP contribution in [0.2, 0.25) is 5.15 Å². The number of urea groups is 1. The number of nitrogens with zero attached hydrogens (tertiary/aromatic N) is 2. The summed E-state index contributed by atoms with van der Waals surface area (Å²) in [6.45, 7) is 0.270. The van der Waals surface area contributed by atoms with E-state index in [9.17, 15) is 13.6 Å². The molecule has 2 heterocycles. The number of halogens is 3. The minimum Gasteiger partial charge on any atom is -0.493 e. The lowest BCUT2D eigenvalue weighted by atomic mass is 10.0. The van der Waals surface area contributed by atoms with E-state index in [-0.39, 0.29) is 52.3 Å². The number of anilines is 1. The smallest absolute Gasteiger partial charge is 0.320 e. The van der Waals surface area contributed by atoms with Crippen molar-refractivity contribution in [2.45, 2.75) is 12.0 Å². The lowest BCUT2D eigenvalue weighted by Gasteiger charge is -2.16. The molecule has 0 bridgehead atoms. The molecule has 1 aliphatic heterocycles. The summed E-state index contributed by atoms with van der Waals surface area (Å²) in [5, 5.41) is 14.0. The number of benzene rings is 1. The van der Waals surface area contributed by atoms with Crippen molar-refractivity contribution in [2.75, 3.05) is 11.9 Å². The molecule has 9 heteroatoms. The Labute approximate surface area is 151 Å². The Morgan fingerprint density at radius 3 is 2.92 bits per heavy atom. The molecule has 132 valence electrons. The van der Waals surface area contributed by atoms with Gasteiger partial charge in [0.2, 0.25) is 0 Å². The molecule has 1 aromatic carbocycles. The van der Waals surface area contributed by atoms with Gasteiger partial charge in [0, 0.05) is 35.6 Å². The number of aromatic nitrogens is 1. The predicted octanol–water partition coefficient (Wildman–Crippen LogP) is 3.18. The molecular weight excluding hydrogens is 366 g/mol. The molecule has 2 aromatic rings. The highest BCUT2D eigenvalue weighted by Crippen LogP contribution is 2.54. The number of rotatable bonds is 2. The van der Waals surface area contributed by atoms with Crippen molar-refractivity contribution < 1.29 is 18.3 Å². The van der Waals surface area contributed by atoms with Crippen LogP contribution >= 0.6 is 11.6 Å². The topological polar surface area (TPSA) is 87.0 Å². The van der Waals surface area contributed by atoms with Gasteiger partial charge in [-0.05, 0) is 12.1 Å². The van der Waals surface area contributed by atoms with Crippen molar-refractivity contribution in [2.24, 2.45) is 5.92 Å². The van der Waals surface area contributed by atoms with Crippen LogP contribution in [0, 0.1) is 28.9 Å². The van der Waals surface area contributed by atoms with Crippen molar-refractivity contribution in [3.63, 3.8) is 0 Å². The van der Waals surface area contributed by atoms with Gasteiger partial charge >= 0.3 is 6.03 Å². The maximum Gasteiger partial charge on any atom is 0.320 e. The molecule has 2 amide bonds. The summed E-state index contributed by atoms with van der Waals surface area (Å²) >= 11 is 5.82. The number of nitrogens with one attached hydrogen (secondary N) is 2. The first-order chi connectivity index (χ1) is 12.5. The van der Waals surface area contributed by atoms with Gasteiger partial charge in [-0.25, -0.2) is 18.6 Å². The molecule has 1 aliphatic carbocycles. The molecule has 1 fully saturated rings. The molecule has 26 heavy (non-hydrogen) atoms. The second kappa shape index (κ2) is 6.11. The Morgan fingerprint density at radius 2 is 2.19 bits per heavy atom. The molecule has 3 atom stereocenters. The van der Waals surface area contributed by atoms with E-state index in [0.29, 0.717) is 0 Å². The number of hydrogen-bond donors (Lipinski definition) is 2. The molecule has 4 rings (SSSR count). The van der Waals surface area contributed by atoms with Crippen LogP contribution in [0.15, 0.2) is 24.3 Å². The Kier molecular flexibility index (Phi) is 3.89. The average Bonchev–Trinajstić information content (AvgIpc) is 3.27. The highest BCUT2D eigenvalue weighted by atomic mass is 35.5. The van der Waals surface area contributed by atoms with Gasteiger partial charge in [-0.15, -0.1) is 0 Å². The third-order valence-electron chi connectivity index (χ3n) is 4.50. The van der Waals surface area contributed by atoms with Crippen LogP contribution in [0.3, 0.4) is 0 Å². The van der Waals surface area contributed by atoms with Crippen LogP contribution in [-0.4, -0.2) is 23.7 Å². The highest BCUT2D eigenvalue weighted by molar-refractivity contribution is 6.30. The summed E-state index contributed by atoms with van der Waals surface area (Å²) in [6, 6.07) is 5.85. The van der Waals surface area contributed by atoms with Gasteiger partial charge in [-0.2, -0.15) is 5.26 Å². The molecule has 1 unspecified atom stereocenters. The summed E-state index contributed by atoms with van der Waals surface area (Å²) in [6.07, 6.45) is 0. The zero-order valence-electron chi connectivity index (χ0n) is 13.1. The summed E-state index contributed by atoms with van der Waals surface area (Å²) in [5.41, 5.74) is 0.481. The van der Waals surface area contributed by atoms with E-state index in [4.69, 9.17) is 21.6 Å². The second-order valence-electron chi connectivity index (χ2n) is 6.07. The van der Waals surface area contributed by atoms with Crippen LogP contribution in [0.1, 0.15) is 17.0 Å². The van der Waals surface area contributed by atoms with E-state index >= 15 is 0 Å². The highest BCUT2D eigenvalue weighted by Gasteiger charge is 2.57. The standard InChI is InChI=1S/C17H11ClF2N4O2/c18-16-7(5-21)1-2-12(22-16)23-17(25)24-15-9-6-26-11-4-8(19)3-10(20)14(11)13(9)15/h1-4,9,13,15H,6H2,(H2,22,23,24,25)/t9-,13-,15?/m0/s1. The normalized spacial score (nSPS) is 22.3. The van der Waals surface area contributed by atoms with Gasteiger partial charge in [-0.1, -0.05) is 11.6 Å². The third-order valence-corrected chi connectivity index (χ3v) is 4.79. The summed E-state index contributed by atoms with van der Waals surface area (Å²) in [5.74, 6) is -1.37. The maximum absolute atomic E-state index is 14.1. The minimum atomic E-state index is -0.702.